The van der Waals surface area contributed by atoms with Gasteiger partial charge in [-0.2, -0.15) is 0 Å². The second kappa shape index (κ2) is 6.23. The maximum absolute atomic E-state index is 12.2. The predicted molar refractivity (Wildman–Crippen MR) is 77.8 cm³/mol. The van der Waals surface area contributed by atoms with Crippen molar-refractivity contribution < 1.29 is 4.79 Å². The number of carbonyl (C=O) groups excluding carboxylic acids is 1. The summed E-state index contributed by atoms with van der Waals surface area (Å²) in [5.41, 5.74) is 6.17. The lowest BCUT2D eigenvalue weighted by Crippen LogP contribution is -2.45. The van der Waals surface area contributed by atoms with Gasteiger partial charge in [0.15, 0.2) is 0 Å². The van der Waals surface area contributed by atoms with Crippen LogP contribution >= 0.6 is 0 Å². The number of nitrogens with zero attached hydrogens (tertiary/aromatic N) is 1. The molecule has 0 spiro atoms. The molecule has 1 saturated carbocycles. The van der Waals surface area contributed by atoms with Gasteiger partial charge in [0.25, 0.3) is 0 Å². The topological polar surface area (TPSA) is 58.4 Å². The molecule has 2 rings (SSSR count). The average Bonchev–Trinajstić information content (AvgIpc) is 2.41. The molecule has 3 N–H and O–H groups in total. The Hall–Kier alpha value is -0.610. The van der Waals surface area contributed by atoms with Crippen LogP contribution < -0.4 is 11.1 Å². The van der Waals surface area contributed by atoms with Gasteiger partial charge in [-0.25, -0.2) is 0 Å². The first-order valence-corrected chi connectivity index (χ1v) is 7.70. The summed E-state index contributed by atoms with van der Waals surface area (Å²) in [7, 11) is 2.17. The number of amides is 1. The summed E-state index contributed by atoms with van der Waals surface area (Å²) in [6, 6.07) is 0.315. The highest BCUT2D eigenvalue weighted by Crippen LogP contribution is 2.30. The highest BCUT2D eigenvalue weighted by molar-refractivity contribution is 5.78. The van der Waals surface area contributed by atoms with Crippen molar-refractivity contribution in [1.82, 2.24) is 10.2 Å². The molecule has 1 aliphatic carbocycles. The van der Waals surface area contributed by atoms with E-state index >= 15 is 0 Å². The van der Waals surface area contributed by atoms with E-state index in [1.807, 2.05) is 0 Å². The Morgan fingerprint density at radius 3 is 2.42 bits per heavy atom. The molecule has 2 fully saturated rings. The van der Waals surface area contributed by atoms with E-state index in [1.165, 1.54) is 12.8 Å². The maximum atomic E-state index is 12.2. The van der Waals surface area contributed by atoms with Crippen LogP contribution in [0.25, 0.3) is 0 Å². The number of hydrogen-bond acceptors (Lipinski definition) is 3. The fourth-order valence-electron chi connectivity index (χ4n) is 3.16. The van der Waals surface area contributed by atoms with Crippen molar-refractivity contribution in [2.24, 2.45) is 17.1 Å². The van der Waals surface area contributed by atoms with Crippen molar-refractivity contribution >= 4 is 5.91 Å². The lowest BCUT2D eigenvalue weighted by Gasteiger charge is -2.38. The minimum Gasteiger partial charge on any atom is -0.355 e. The second-order valence-corrected chi connectivity index (χ2v) is 6.94. The first-order chi connectivity index (χ1) is 8.98. The Kier molecular flexibility index (Phi) is 4.85. The average molecular weight is 267 g/mol. The van der Waals surface area contributed by atoms with Crippen LogP contribution in [0, 0.1) is 11.3 Å². The van der Waals surface area contributed by atoms with Gasteiger partial charge in [0.05, 0.1) is 0 Å². The van der Waals surface area contributed by atoms with Crippen LogP contribution in [-0.2, 0) is 4.79 Å². The molecule has 0 aromatic carbocycles. The quantitative estimate of drug-likeness (QED) is 0.811. The maximum Gasteiger partial charge on any atom is 0.223 e. The van der Waals surface area contributed by atoms with Crippen molar-refractivity contribution in [3.05, 3.63) is 0 Å². The first-order valence-electron chi connectivity index (χ1n) is 7.70. The molecule has 0 bridgehead atoms. The van der Waals surface area contributed by atoms with E-state index in [0.717, 1.165) is 45.3 Å². The van der Waals surface area contributed by atoms with Crippen molar-refractivity contribution in [2.75, 3.05) is 26.7 Å². The van der Waals surface area contributed by atoms with Gasteiger partial charge in [0.1, 0.15) is 0 Å². The van der Waals surface area contributed by atoms with Crippen LogP contribution in [0.3, 0.4) is 0 Å². The number of nitrogens with one attached hydrogen (secondary N) is 1. The minimum absolute atomic E-state index is 0.203. The van der Waals surface area contributed by atoms with Gasteiger partial charge in [-0.05, 0) is 64.1 Å². The Bertz CT molecular complexity index is 303. The largest absolute Gasteiger partial charge is 0.355 e. The zero-order chi connectivity index (χ0) is 13.9. The monoisotopic (exact) mass is 267 g/mol. The summed E-state index contributed by atoms with van der Waals surface area (Å²) in [6.45, 7) is 5.43. The van der Waals surface area contributed by atoms with E-state index < -0.39 is 0 Å². The summed E-state index contributed by atoms with van der Waals surface area (Å²) in [6.07, 6.45) is 6.29. The third-order valence-corrected chi connectivity index (χ3v) is 5.03. The molecule has 19 heavy (non-hydrogen) atoms. The van der Waals surface area contributed by atoms with E-state index in [9.17, 15) is 4.79 Å². The van der Waals surface area contributed by atoms with Gasteiger partial charge in [-0.15, -0.1) is 0 Å². The van der Waals surface area contributed by atoms with Crippen molar-refractivity contribution in [3.8, 4) is 0 Å². The molecule has 0 unspecified atom stereocenters. The van der Waals surface area contributed by atoms with Crippen molar-refractivity contribution in [3.63, 3.8) is 0 Å². The van der Waals surface area contributed by atoms with E-state index in [2.05, 4.69) is 24.2 Å². The Balaban J connectivity index is 1.74. The van der Waals surface area contributed by atoms with E-state index in [4.69, 9.17) is 5.73 Å². The Labute approximate surface area is 117 Å². The highest BCUT2D eigenvalue weighted by atomic mass is 16.1. The van der Waals surface area contributed by atoms with Gasteiger partial charge < -0.3 is 16.0 Å². The lowest BCUT2D eigenvalue weighted by molar-refractivity contribution is -0.126. The lowest BCUT2D eigenvalue weighted by atomic mass is 9.80. The van der Waals surface area contributed by atoms with Crippen molar-refractivity contribution in [1.29, 1.82) is 0 Å². The van der Waals surface area contributed by atoms with Crippen LogP contribution in [0.1, 0.15) is 45.4 Å². The fraction of sp³-hybridized carbons (Fsp3) is 0.933. The third-order valence-electron chi connectivity index (χ3n) is 5.03. The number of hydrogen-bond donors (Lipinski definition) is 2. The zero-order valence-corrected chi connectivity index (χ0v) is 12.5. The van der Waals surface area contributed by atoms with E-state index in [-0.39, 0.29) is 17.2 Å². The molecule has 4 nitrogen and oxygen atoms in total. The minimum atomic E-state index is 0.203. The van der Waals surface area contributed by atoms with Crippen LogP contribution in [0.4, 0.5) is 0 Å². The molecule has 0 aromatic rings. The number of rotatable bonds is 3. The first kappa shape index (κ1) is 14.8. The van der Waals surface area contributed by atoms with Gasteiger partial charge >= 0.3 is 0 Å². The highest BCUT2D eigenvalue weighted by Gasteiger charge is 2.31. The normalized spacial score (nSPS) is 31.9. The van der Waals surface area contributed by atoms with Crippen LogP contribution in [-0.4, -0.2) is 43.5 Å². The fourth-order valence-corrected chi connectivity index (χ4v) is 3.16. The molecule has 2 aliphatic rings. The number of nitrogens with two attached hydrogens (primary N) is 1. The number of likely N-dealkylation sites (tertiary alicyclic amines) is 1. The molecule has 1 amide bonds. The molecular weight excluding hydrogens is 238 g/mol. The molecule has 4 heteroatoms. The van der Waals surface area contributed by atoms with Crippen LogP contribution in [0.2, 0.25) is 0 Å². The standard InChI is InChI=1S/C15H29N3O/c1-15(7-9-18(2)10-8-15)11-17-14(19)12-3-5-13(16)6-4-12/h12-13H,3-11,16H2,1-2H3,(H,17,19). The molecule has 0 aromatic heterocycles. The van der Waals surface area contributed by atoms with Gasteiger partial charge in [-0.3, -0.25) is 4.79 Å². The second-order valence-electron chi connectivity index (χ2n) is 6.94. The summed E-state index contributed by atoms with van der Waals surface area (Å²) in [5.74, 6) is 0.460. The SMILES string of the molecule is CN1CCC(C)(CNC(=O)C2CCC(N)CC2)CC1. The number of carbonyl (C=O) groups is 1. The molecule has 0 atom stereocenters. The van der Waals surface area contributed by atoms with Gasteiger partial charge in [-0.1, -0.05) is 6.92 Å². The summed E-state index contributed by atoms with van der Waals surface area (Å²) in [4.78, 5) is 14.6. The molecule has 110 valence electrons. The van der Waals surface area contributed by atoms with Crippen LogP contribution in [0.15, 0.2) is 0 Å². The Morgan fingerprint density at radius 2 is 1.84 bits per heavy atom. The van der Waals surface area contributed by atoms with Crippen LogP contribution in [0.5, 0.6) is 0 Å². The third kappa shape index (κ3) is 4.18. The smallest absolute Gasteiger partial charge is 0.223 e. The van der Waals surface area contributed by atoms with Gasteiger partial charge in [0, 0.05) is 18.5 Å². The summed E-state index contributed by atoms with van der Waals surface area (Å²) < 4.78 is 0. The van der Waals surface area contributed by atoms with E-state index in [1.54, 1.807) is 0 Å². The van der Waals surface area contributed by atoms with Gasteiger partial charge in [0.2, 0.25) is 5.91 Å². The molecule has 1 heterocycles. The zero-order valence-electron chi connectivity index (χ0n) is 12.5. The molecular formula is C15H29N3O. The van der Waals surface area contributed by atoms with E-state index in [0.29, 0.717) is 6.04 Å². The van der Waals surface area contributed by atoms with Crippen molar-refractivity contribution in [2.45, 2.75) is 51.5 Å². The predicted octanol–water partition coefficient (Wildman–Crippen LogP) is 1.35. The number of piperidine rings is 1. The summed E-state index contributed by atoms with van der Waals surface area (Å²) >= 11 is 0. The molecule has 1 saturated heterocycles. The molecule has 1 aliphatic heterocycles. The summed E-state index contributed by atoms with van der Waals surface area (Å²) in [5, 5.41) is 3.19. The molecule has 0 radical (unpaired) electrons. The Morgan fingerprint density at radius 1 is 1.26 bits per heavy atom.